The van der Waals surface area contributed by atoms with Crippen LogP contribution in [-0.4, -0.2) is 4.57 Å². The van der Waals surface area contributed by atoms with Gasteiger partial charge in [0.15, 0.2) is 0 Å². The molecule has 318 valence electrons. The SMILES string of the molecule is CC1(C)c2cc(C#Cc3ccc4c(c3)C3(c5ccccc5-c5ccccc53)c3cc(N(c5ccccc5)c5ccccc5)ccc3-4)ccc2-c2ccc3c4ccccc4n(-c4ccccc4)c3c21. The largest absolute Gasteiger partial charge is 0.310 e. The van der Waals surface area contributed by atoms with Gasteiger partial charge in [0.1, 0.15) is 0 Å². The molecule has 0 bridgehead atoms. The summed E-state index contributed by atoms with van der Waals surface area (Å²) in [6, 6.07) is 84.7. The van der Waals surface area contributed by atoms with E-state index in [1.54, 1.807) is 0 Å². The Morgan fingerprint density at radius 1 is 0.368 bits per heavy atom. The van der Waals surface area contributed by atoms with Crippen LogP contribution in [0.15, 0.2) is 231 Å². The van der Waals surface area contributed by atoms with Crippen molar-refractivity contribution in [3.05, 3.63) is 275 Å². The second-order valence-corrected chi connectivity index (χ2v) is 19.0. The predicted molar refractivity (Wildman–Crippen MR) is 282 cm³/mol. The molecule has 0 unspecified atom stereocenters. The molecule has 1 spiro atoms. The van der Waals surface area contributed by atoms with Crippen LogP contribution in [0, 0.1) is 11.8 Å². The van der Waals surface area contributed by atoms with Crippen molar-refractivity contribution in [1.82, 2.24) is 4.57 Å². The fourth-order valence-corrected chi connectivity index (χ4v) is 12.4. The maximum Gasteiger partial charge on any atom is 0.0726 e. The average molecular weight is 865 g/mol. The summed E-state index contributed by atoms with van der Waals surface area (Å²) in [7, 11) is 0. The number of benzene rings is 10. The van der Waals surface area contributed by atoms with E-state index in [4.69, 9.17) is 0 Å². The van der Waals surface area contributed by atoms with Gasteiger partial charge in [-0.05, 0) is 146 Å². The van der Waals surface area contributed by atoms with Crippen molar-refractivity contribution in [2.24, 2.45) is 0 Å². The summed E-state index contributed by atoms with van der Waals surface area (Å²) >= 11 is 0. The van der Waals surface area contributed by atoms with E-state index >= 15 is 0 Å². The molecule has 11 aromatic rings. The van der Waals surface area contributed by atoms with Gasteiger partial charge in [0, 0.05) is 50.1 Å². The van der Waals surface area contributed by atoms with E-state index in [-0.39, 0.29) is 5.41 Å². The Bertz CT molecular complexity index is 3850. The average Bonchev–Trinajstić information content (AvgIpc) is 4.06. The van der Waals surface area contributed by atoms with E-state index in [0.29, 0.717) is 0 Å². The molecule has 2 nitrogen and oxygen atoms in total. The summed E-state index contributed by atoms with van der Waals surface area (Å²) in [5.74, 6) is 7.38. The number of hydrogen-bond donors (Lipinski definition) is 0. The molecule has 2 heteroatoms. The second kappa shape index (κ2) is 14.4. The lowest BCUT2D eigenvalue weighted by molar-refractivity contribution is 0.663. The molecule has 3 aliphatic carbocycles. The van der Waals surface area contributed by atoms with E-state index in [1.807, 2.05) is 0 Å². The maximum absolute atomic E-state index is 3.70. The van der Waals surface area contributed by atoms with Crippen molar-refractivity contribution in [3.63, 3.8) is 0 Å². The Hall–Kier alpha value is -8.64. The highest BCUT2D eigenvalue weighted by molar-refractivity contribution is 6.13. The fourth-order valence-electron chi connectivity index (χ4n) is 12.4. The third-order valence-corrected chi connectivity index (χ3v) is 15.2. The fraction of sp³-hybridized carbons (Fsp3) is 0.0606. The molecule has 10 aromatic carbocycles. The summed E-state index contributed by atoms with van der Waals surface area (Å²) in [6.07, 6.45) is 0. The Morgan fingerprint density at radius 3 is 1.50 bits per heavy atom. The van der Waals surface area contributed by atoms with E-state index in [0.717, 1.165) is 28.2 Å². The summed E-state index contributed by atoms with van der Waals surface area (Å²) in [4.78, 5) is 2.38. The maximum atomic E-state index is 3.70. The van der Waals surface area contributed by atoms with Crippen LogP contribution in [0.25, 0.3) is 60.9 Å². The van der Waals surface area contributed by atoms with E-state index in [1.165, 1.54) is 94.3 Å². The highest BCUT2D eigenvalue weighted by atomic mass is 15.1. The highest BCUT2D eigenvalue weighted by Gasteiger charge is 2.52. The van der Waals surface area contributed by atoms with Crippen LogP contribution in [0.2, 0.25) is 0 Å². The van der Waals surface area contributed by atoms with Crippen molar-refractivity contribution >= 4 is 38.9 Å². The first-order valence-electron chi connectivity index (χ1n) is 23.7. The van der Waals surface area contributed by atoms with Crippen molar-refractivity contribution in [2.75, 3.05) is 4.90 Å². The summed E-state index contributed by atoms with van der Waals surface area (Å²) < 4.78 is 2.47. The van der Waals surface area contributed by atoms with Crippen LogP contribution in [0.5, 0.6) is 0 Å². The van der Waals surface area contributed by atoms with Gasteiger partial charge >= 0.3 is 0 Å². The van der Waals surface area contributed by atoms with Gasteiger partial charge in [0.2, 0.25) is 0 Å². The minimum Gasteiger partial charge on any atom is -0.310 e. The first-order valence-corrected chi connectivity index (χ1v) is 23.7. The van der Waals surface area contributed by atoms with E-state index < -0.39 is 5.41 Å². The molecule has 0 saturated carbocycles. The molecular weight excluding hydrogens is 821 g/mol. The van der Waals surface area contributed by atoms with Gasteiger partial charge in [0.05, 0.1) is 16.4 Å². The minimum absolute atomic E-state index is 0.257. The van der Waals surface area contributed by atoms with Gasteiger partial charge in [-0.25, -0.2) is 0 Å². The Morgan fingerprint density at radius 2 is 0.853 bits per heavy atom. The van der Waals surface area contributed by atoms with Crippen molar-refractivity contribution < 1.29 is 0 Å². The molecule has 68 heavy (non-hydrogen) atoms. The molecule has 0 N–H and O–H groups in total. The minimum atomic E-state index is -0.526. The van der Waals surface area contributed by atoms with Crippen LogP contribution in [0.4, 0.5) is 17.1 Å². The van der Waals surface area contributed by atoms with Gasteiger partial charge in [-0.1, -0.05) is 177 Å². The summed E-state index contributed by atoms with van der Waals surface area (Å²) in [5, 5.41) is 2.56. The molecule has 0 aliphatic heterocycles. The third kappa shape index (κ3) is 5.30. The van der Waals surface area contributed by atoms with Crippen molar-refractivity contribution in [2.45, 2.75) is 24.7 Å². The number of nitrogens with zero attached hydrogens (tertiary/aromatic N) is 2. The zero-order valence-electron chi connectivity index (χ0n) is 37.8. The quantitative estimate of drug-likeness (QED) is 0.160. The molecule has 0 amide bonds. The van der Waals surface area contributed by atoms with Crippen LogP contribution in [-0.2, 0) is 10.8 Å². The first kappa shape index (κ1) is 38.6. The van der Waals surface area contributed by atoms with Gasteiger partial charge in [0.25, 0.3) is 0 Å². The molecule has 0 saturated heterocycles. The highest BCUT2D eigenvalue weighted by Crippen LogP contribution is 2.63. The number of rotatable bonds is 4. The zero-order chi connectivity index (χ0) is 45.1. The van der Waals surface area contributed by atoms with Gasteiger partial charge in [-0.3, -0.25) is 0 Å². The predicted octanol–water partition coefficient (Wildman–Crippen LogP) is 16.3. The molecular formula is C66H44N2. The number of para-hydroxylation sites is 4. The molecule has 14 rings (SSSR count). The first-order chi connectivity index (χ1) is 33.5. The smallest absolute Gasteiger partial charge is 0.0726 e. The van der Waals surface area contributed by atoms with E-state index in [2.05, 4.69) is 266 Å². The molecule has 1 heterocycles. The molecule has 1 aromatic heterocycles. The van der Waals surface area contributed by atoms with Gasteiger partial charge < -0.3 is 9.47 Å². The van der Waals surface area contributed by atoms with Crippen LogP contribution in [0.3, 0.4) is 0 Å². The third-order valence-electron chi connectivity index (χ3n) is 15.2. The molecule has 3 aliphatic rings. The Balaban J connectivity index is 0.910. The molecule has 0 fully saturated rings. The molecule has 0 atom stereocenters. The lowest BCUT2D eigenvalue weighted by atomic mass is 9.70. The van der Waals surface area contributed by atoms with E-state index in [9.17, 15) is 0 Å². The van der Waals surface area contributed by atoms with Gasteiger partial charge in [-0.2, -0.15) is 0 Å². The van der Waals surface area contributed by atoms with Crippen LogP contribution in [0.1, 0.15) is 58.4 Å². The van der Waals surface area contributed by atoms with Crippen LogP contribution >= 0.6 is 0 Å². The van der Waals surface area contributed by atoms with Gasteiger partial charge in [-0.15, -0.1) is 0 Å². The topological polar surface area (TPSA) is 8.17 Å². The summed E-state index contributed by atoms with van der Waals surface area (Å²) in [6.45, 7) is 4.78. The van der Waals surface area contributed by atoms with Crippen molar-refractivity contribution in [3.8, 4) is 50.9 Å². The lowest BCUT2D eigenvalue weighted by Crippen LogP contribution is -2.26. The zero-order valence-corrected chi connectivity index (χ0v) is 37.8. The number of aromatic nitrogens is 1. The molecule has 0 radical (unpaired) electrons. The van der Waals surface area contributed by atoms with Crippen molar-refractivity contribution in [1.29, 1.82) is 0 Å². The van der Waals surface area contributed by atoms with Crippen LogP contribution < -0.4 is 4.90 Å². The number of hydrogen-bond acceptors (Lipinski definition) is 1. The Labute approximate surface area is 397 Å². The number of anilines is 3. The second-order valence-electron chi connectivity index (χ2n) is 19.0. The number of fused-ring (bicyclic) bond motifs is 17. The lowest BCUT2D eigenvalue weighted by Gasteiger charge is -2.32. The standard InChI is InChI=1S/C66H44N2/c1-65(2)59-40-43(33-36-53(59)55-38-39-56-54-26-14-17-29-62(54)68(64(56)63(55)65)47-22-10-5-11-23-47)30-31-44-32-35-51-52-37-34-48(67(45-18-6-3-7-19-45)46-20-8-4-9-21-46)42-61(52)66(60(51)41-44)57-27-15-12-24-49(57)50-25-13-16-28-58(50)66/h3-29,32-42H,1-2H3. The normalized spacial score (nSPS) is 13.9. The Kier molecular flexibility index (Phi) is 8.19. The summed E-state index contributed by atoms with van der Waals surface area (Å²) in [5.41, 5.74) is 23.9. The monoisotopic (exact) mass is 864 g/mol.